The average molecular weight is 328 g/mol. The van der Waals surface area contributed by atoms with Gasteiger partial charge in [-0.3, -0.25) is 0 Å². The predicted octanol–water partition coefficient (Wildman–Crippen LogP) is 1.08. The van der Waals surface area contributed by atoms with Crippen LogP contribution in [0.3, 0.4) is 0 Å². The van der Waals surface area contributed by atoms with Crippen LogP contribution in [0.4, 0.5) is 0 Å². The molecule has 0 bridgehead atoms. The molecule has 3 aromatic rings. The molecular formula is C17H17N2O3P. The summed E-state index contributed by atoms with van der Waals surface area (Å²) in [5.41, 5.74) is 2.99. The molecule has 0 aliphatic carbocycles. The topological polar surface area (TPSA) is 91.5 Å². The lowest BCUT2D eigenvalue weighted by molar-refractivity contribution is -0.378. The zero-order chi connectivity index (χ0) is 16.5. The molecule has 3 rings (SSSR count). The normalized spacial score (nSPS) is 10.5. The molecule has 0 spiro atoms. The van der Waals surface area contributed by atoms with Gasteiger partial charge in [-0.15, -0.1) is 0 Å². The quantitative estimate of drug-likeness (QED) is 0.674. The van der Waals surface area contributed by atoms with Gasteiger partial charge in [0.15, 0.2) is 24.8 Å². The molecule has 5 nitrogen and oxygen atoms in total. The number of aromatic amines is 2. The largest absolute Gasteiger partial charge is 0.810 e. The first-order valence-electron chi connectivity index (χ1n) is 7.02. The second-order valence-electron chi connectivity index (χ2n) is 4.83. The molecule has 0 aliphatic rings. The van der Waals surface area contributed by atoms with E-state index in [0.29, 0.717) is 5.56 Å². The van der Waals surface area contributed by atoms with Gasteiger partial charge in [0.25, 0.3) is 0 Å². The van der Waals surface area contributed by atoms with Crippen LogP contribution in [0.25, 0.3) is 11.1 Å². The van der Waals surface area contributed by atoms with Crippen molar-refractivity contribution in [2.45, 2.75) is 6.16 Å². The van der Waals surface area contributed by atoms with E-state index >= 15 is 0 Å². The molecule has 2 N–H and O–H groups in total. The Hall–Kier alpha value is -2.33. The number of rotatable bonds is 3. The summed E-state index contributed by atoms with van der Waals surface area (Å²) in [6.45, 7) is 0. The Labute approximate surface area is 134 Å². The minimum absolute atomic E-state index is 0.395. The Bertz CT molecular complexity index is 709. The smallest absolute Gasteiger partial charge is 0.167 e. The molecule has 0 radical (unpaired) electrons. The van der Waals surface area contributed by atoms with E-state index in [0.717, 1.165) is 0 Å². The number of pyridine rings is 2. The van der Waals surface area contributed by atoms with Gasteiger partial charge in [-0.1, -0.05) is 37.9 Å². The molecular weight excluding hydrogens is 311 g/mol. The van der Waals surface area contributed by atoms with E-state index in [1.54, 1.807) is 30.3 Å². The van der Waals surface area contributed by atoms with Crippen molar-refractivity contribution in [2.75, 3.05) is 0 Å². The third-order valence-electron chi connectivity index (χ3n) is 2.99. The summed E-state index contributed by atoms with van der Waals surface area (Å²) >= 11 is 0. The van der Waals surface area contributed by atoms with Gasteiger partial charge in [0, 0.05) is 30.4 Å². The molecule has 2 aromatic heterocycles. The minimum atomic E-state index is -4.39. The van der Waals surface area contributed by atoms with Gasteiger partial charge in [-0.25, -0.2) is 9.97 Å². The highest BCUT2D eigenvalue weighted by molar-refractivity contribution is 7.47. The second-order valence-corrected chi connectivity index (χ2v) is 6.37. The summed E-state index contributed by atoms with van der Waals surface area (Å²) in [6, 6.07) is 16.6. The Kier molecular flexibility index (Phi) is 6.18. The summed E-state index contributed by atoms with van der Waals surface area (Å²) in [7, 11) is -4.39. The molecule has 118 valence electrons. The van der Waals surface area contributed by atoms with E-state index in [1.807, 2.05) is 24.8 Å². The van der Waals surface area contributed by atoms with Crippen LogP contribution in [0.15, 0.2) is 79.4 Å². The van der Waals surface area contributed by atoms with Gasteiger partial charge in [-0.05, 0) is 16.7 Å². The van der Waals surface area contributed by atoms with Crippen LogP contribution >= 0.6 is 7.60 Å². The molecule has 0 unspecified atom stereocenters. The highest BCUT2D eigenvalue weighted by Gasteiger charge is 1.97. The Balaban J connectivity index is 0.000000168. The summed E-state index contributed by atoms with van der Waals surface area (Å²) in [5, 5.41) is 0. The van der Waals surface area contributed by atoms with Gasteiger partial charge >= 0.3 is 0 Å². The van der Waals surface area contributed by atoms with Gasteiger partial charge < -0.3 is 14.4 Å². The fourth-order valence-electron chi connectivity index (χ4n) is 1.97. The number of benzene rings is 1. The number of hydrogen-bond donors (Lipinski definition) is 0. The molecule has 2 heterocycles. The number of aromatic nitrogens is 2. The second kappa shape index (κ2) is 8.34. The lowest BCUT2D eigenvalue weighted by atomic mass is 10.1. The van der Waals surface area contributed by atoms with E-state index in [2.05, 4.69) is 34.2 Å². The molecule has 0 saturated carbocycles. The SMILES string of the molecule is O=P([O-])([O-])Cc1ccccc1.c1cc(-c2cc[nH+]cc2)cc[nH+]1. The first kappa shape index (κ1) is 17.0. The average Bonchev–Trinajstić information content (AvgIpc) is 2.56. The van der Waals surface area contributed by atoms with Crippen molar-refractivity contribution in [2.24, 2.45) is 0 Å². The van der Waals surface area contributed by atoms with Crippen LogP contribution in [0.5, 0.6) is 0 Å². The first-order valence-corrected chi connectivity index (χ1v) is 8.75. The van der Waals surface area contributed by atoms with Gasteiger partial charge in [0.1, 0.15) is 0 Å². The molecule has 6 heteroatoms. The van der Waals surface area contributed by atoms with Gasteiger partial charge in [0.05, 0.1) is 0 Å². The van der Waals surface area contributed by atoms with E-state index in [4.69, 9.17) is 0 Å². The number of H-pyrrole nitrogens is 2. The predicted molar refractivity (Wildman–Crippen MR) is 82.7 cm³/mol. The lowest BCUT2D eigenvalue weighted by Gasteiger charge is -2.29. The zero-order valence-corrected chi connectivity index (χ0v) is 13.3. The van der Waals surface area contributed by atoms with Crippen LogP contribution < -0.4 is 19.8 Å². The van der Waals surface area contributed by atoms with E-state index < -0.39 is 13.8 Å². The number of hydrogen-bond acceptors (Lipinski definition) is 3. The highest BCUT2D eigenvalue weighted by Crippen LogP contribution is 2.28. The fraction of sp³-hybridized carbons (Fsp3) is 0.0588. The summed E-state index contributed by atoms with van der Waals surface area (Å²) in [6.07, 6.45) is 7.30. The van der Waals surface area contributed by atoms with Gasteiger partial charge in [0.2, 0.25) is 0 Å². The molecule has 0 saturated heterocycles. The van der Waals surface area contributed by atoms with Crippen LogP contribution in [-0.4, -0.2) is 0 Å². The van der Waals surface area contributed by atoms with Crippen LogP contribution in [0.1, 0.15) is 5.56 Å². The fourth-order valence-corrected chi connectivity index (χ4v) is 2.62. The third-order valence-corrected chi connectivity index (χ3v) is 3.74. The Morgan fingerprint density at radius 2 is 1.17 bits per heavy atom. The molecule has 0 aliphatic heterocycles. The molecule has 0 atom stereocenters. The Morgan fingerprint density at radius 3 is 1.57 bits per heavy atom. The summed E-state index contributed by atoms with van der Waals surface area (Å²) in [5.74, 6) is 0. The third kappa shape index (κ3) is 6.53. The van der Waals surface area contributed by atoms with Crippen molar-refractivity contribution < 1.29 is 24.3 Å². The van der Waals surface area contributed by atoms with Crippen molar-refractivity contribution in [1.82, 2.24) is 0 Å². The standard InChI is InChI=1S/C10H8N2.C7H9O3P/c1-5-11-6-2-9(1)10-3-7-12-8-4-10;8-11(9,10)6-7-4-2-1-3-5-7/h1-8H;1-5H,6H2,(H2,8,9,10). The molecule has 1 aromatic carbocycles. The number of nitrogens with one attached hydrogen (secondary N) is 2. The monoisotopic (exact) mass is 328 g/mol. The molecule has 0 fully saturated rings. The maximum absolute atomic E-state index is 10.3. The van der Waals surface area contributed by atoms with Crippen molar-refractivity contribution >= 4 is 7.60 Å². The van der Waals surface area contributed by atoms with E-state index in [1.165, 1.54) is 11.1 Å². The minimum Gasteiger partial charge on any atom is -0.810 e. The molecule has 23 heavy (non-hydrogen) atoms. The van der Waals surface area contributed by atoms with Crippen LogP contribution in [-0.2, 0) is 10.7 Å². The van der Waals surface area contributed by atoms with Crippen molar-refractivity contribution in [1.29, 1.82) is 0 Å². The first-order chi connectivity index (χ1) is 11.0. The van der Waals surface area contributed by atoms with Crippen molar-refractivity contribution in [3.8, 4) is 11.1 Å². The highest BCUT2D eigenvalue weighted by atomic mass is 31.2. The maximum atomic E-state index is 10.3. The van der Waals surface area contributed by atoms with Gasteiger partial charge in [-0.2, -0.15) is 0 Å². The van der Waals surface area contributed by atoms with Crippen LogP contribution in [0.2, 0.25) is 0 Å². The van der Waals surface area contributed by atoms with Crippen LogP contribution in [0, 0.1) is 0 Å². The summed E-state index contributed by atoms with van der Waals surface area (Å²) < 4.78 is 10.3. The van der Waals surface area contributed by atoms with E-state index in [-0.39, 0.29) is 0 Å². The lowest BCUT2D eigenvalue weighted by Crippen LogP contribution is -2.15. The molecule has 0 amide bonds. The maximum Gasteiger partial charge on any atom is 0.167 e. The zero-order valence-electron chi connectivity index (χ0n) is 12.4. The Morgan fingerprint density at radius 1 is 0.739 bits per heavy atom. The van der Waals surface area contributed by atoms with Crippen molar-refractivity contribution in [3.05, 3.63) is 84.9 Å². The summed E-state index contributed by atoms with van der Waals surface area (Å²) in [4.78, 5) is 26.5. The van der Waals surface area contributed by atoms with E-state index in [9.17, 15) is 14.4 Å². The van der Waals surface area contributed by atoms with Crippen molar-refractivity contribution in [3.63, 3.8) is 0 Å².